The Labute approximate surface area is 367 Å². The van der Waals surface area contributed by atoms with E-state index in [0.717, 1.165) is 34.7 Å². The second-order valence-electron chi connectivity index (χ2n) is 16.4. The van der Waals surface area contributed by atoms with Crippen molar-refractivity contribution in [3.05, 3.63) is 83.2 Å². The van der Waals surface area contributed by atoms with E-state index in [9.17, 15) is 42.9 Å². The first-order valence-electron chi connectivity index (χ1n) is 20.5. The zero-order chi connectivity index (χ0) is 45.4. The molecule has 1 spiro atoms. The molecule has 3 N–H and O–H groups in total. The number of anilines is 4. The molecule has 4 aliphatic rings. The highest BCUT2D eigenvalue weighted by Gasteiger charge is 2.60. The first-order valence-corrected chi connectivity index (χ1v) is 20.9. The van der Waals surface area contributed by atoms with E-state index in [2.05, 4.69) is 38.5 Å². The number of alkyl halides is 3. The van der Waals surface area contributed by atoms with Crippen LogP contribution < -0.4 is 30.5 Å². The number of pyridine rings is 1. The SMILES string of the molecule is C=C1CN(CCOc2ncc(N3C(=S)N(c4ccc(C#N)c(C(F)(F)F)c4)C(=O)C34CCC4)cc2C(C)C)[C@H](C)CN1CC(=O)Nc1cc(C#N)cc(NC2CCC(=O)NC2=O)c1. The minimum absolute atomic E-state index is 0.0108. The standard InChI is InChI=1S/C44H45F3N10O5S/c1-25(2)34-17-33(57-42(63)56(41(61)43(57)10-5-11-43)32-7-6-29(20-49)35(18-32)44(45,46)47)21-50-40(34)62-13-12-54-22-27(4)55(23-26(54)3)24-38(59)52-31-15-28(19-48)14-30(16-31)51-36-8-9-37(58)53-39(36)60/h6-7,14-18,21,25-26,36,51H,4-5,8-13,22-24H2,1-3H3,(H,52,59)(H,53,58,60)/t26-,36?/m1/s1. The highest BCUT2D eigenvalue weighted by molar-refractivity contribution is 7.81. The Hall–Kier alpha value is -6.57. The summed E-state index contributed by atoms with van der Waals surface area (Å²) in [7, 11) is 0. The van der Waals surface area contributed by atoms with Crippen molar-refractivity contribution in [1.29, 1.82) is 10.5 Å². The Morgan fingerprint density at radius 2 is 1.84 bits per heavy atom. The molecule has 0 radical (unpaired) electrons. The Bertz CT molecular complexity index is 2480. The van der Waals surface area contributed by atoms with Crippen LogP contribution in [-0.4, -0.2) is 93.9 Å². The zero-order valence-electron chi connectivity index (χ0n) is 34.8. The summed E-state index contributed by atoms with van der Waals surface area (Å²) in [5.74, 6) is -1.22. The van der Waals surface area contributed by atoms with Crippen molar-refractivity contribution in [3.8, 4) is 18.0 Å². The molecule has 1 saturated carbocycles. The number of amides is 4. The minimum Gasteiger partial charge on any atom is -0.476 e. The number of benzene rings is 2. The van der Waals surface area contributed by atoms with Gasteiger partial charge in [0.15, 0.2) is 5.11 Å². The number of piperidine rings is 1. The van der Waals surface area contributed by atoms with Gasteiger partial charge in [0.1, 0.15) is 18.2 Å². The van der Waals surface area contributed by atoms with Gasteiger partial charge in [0.2, 0.25) is 23.6 Å². The van der Waals surface area contributed by atoms with Crippen LogP contribution in [0.5, 0.6) is 5.88 Å². The van der Waals surface area contributed by atoms with Crippen LogP contribution in [0.4, 0.5) is 35.9 Å². The molecule has 3 aliphatic heterocycles. The van der Waals surface area contributed by atoms with Crippen LogP contribution in [0.3, 0.4) is 0 Å². The van der Waals surface area contributed by atoms with Crippen molar-refractivity contribution in [1.82, 2.24) is 20.1 Å². The van der Waals surface area contributed by atoms with E-state index in [-0.39, 0.29) is 59.7 Å². The zero-order valence-corrected chi connectivity index (χ0v) is 35.7. The monoisotopic (exact) mass is 882 g/mol. The lowest BCUT2D eigenvalue weighted by atomic mass is 9.75. The fourth-order valence-corrected chi connectivity index (χ4v) is 8.84. The van der Waals surface area contributed by atoms with Crippen molar-refractivity contribution in [2.45, 2.75) is 82.6 Å². The molecule has 3 saturated heterocycles. The van der Waals surface area contributed by atoms with Gasteiger partial charge in [0, 0.05) is 54.7 Å². The van der Waals surface area contributed by atoms with Gasteiger partial charge >= 0.3 is 6.18 Å². The molecular weight excluding hydrogens is 838 g/mol. The normalized spacial score (nSPS) is 20.1. The van der Waals surface area contributed by atoms with E-state index in [1.165, 1.54) is 12.1 Å². The number of nitriles is 2. The topological polar surface area (TPSA) is 187 Å². The lowest BCUT2D eigenvalue weighted by Gasteiger charge is -2.43. The highest BCUT2D eigenvalue weighted by atomic mass is 32.1. The maximum atomic E-state index is 14.0. The number of carbonyl (C=O) groups is 4. The summed E-state index contributed by atoms with van der Waals surface area (Å²) in [6.07, 6.45) is -1.14. The number of nitrogens with zero attached hydrogens (tertiary/aromatic N) is 7. The lowest BCUT2D eigenvalue weighted by molar-refractivity contribution is -0.138. The molecule has 7 rings (SSSR count). The third-order valence-electron chi connectivity index (χ3n) is 11.8. The average molecular weight is 883 g/mol. The molecule has 4 fully saturated rings. The molecule has 0 bridgehead atoms. The van der Waals surface area contributed by atoms with Gasteiger partial charge in [0.25, 0.3) is 5.91 Å². The number of nitrogens with one attached hydrogen (secondary N) is 3. The lowest BCUT2D eigenvalue weighted by Crippen LogP contribution is -2.55. The molecule has 63 heavy (non-hydrogen) atoms. The molecule has 15 nitrogen and oxygen atoms in total. The molecular formula is C44H45F3N10O5S. The largest absolute Gasteiger partial charge is 0.476 e. The van der Waals surface area contributed by atoms with E-state index in [1.807, 2.05) is 31.7 Å². The summed E-state index contributed by atoms with van der Waals surface area (Å²) in [5.41, 5.74) is 0.254. The molecule has 2 aromatic carbocycles. The molecule has 1 aliphatic carbocycles. The van der Waals surface area contributed by atoms with Crippen molar-refractivity contribution in [2.24, 2.45) is 0 Å². The average Bonchev–Trinajstić information content (AvgIpc) is 3.46. The molecule has 4 amide bonds. The van der Waals surface area contributed by atoms with Crippen molar-refractivity contribution >= 4 is 63.7 Å². The third-order valence-corrected chi connectivity index (χ3v) is 12.2. The minimum atomic E-state index is -4.81. The Morgan fingerprint density at radius 3 is 2.49 bits per heavy atom. The predicted octanol–water partition coefficient (Wildman–Crippen LogP) is 5.78. The Kier molecular flexibility index (Phi) is 12.5. The first kappa shape index (κ1) is 44.5. The van der Waals surface area contributed by atoms with Crippen LogP contribution in [0.15, 0.2) is 60.9 Å². The number of halogens is 3. The number of hydrogen-bond donors (Lipinski definition) is 3. The highest BCUT2D eigenvalue weighted by Crippen LogP contribution is 2.49. The number of aromatic nitrogens is 1. The smallest absolute Gasteiger partial charge is 0.417 e. The summed E-state index contributed by atoms with van der Waals surface area (Å²) < 4.78 is 48.0. The first-order chi connectivity index (χ1) is 29.9. The van der Waals surface area contributed by atoms with Crippen molar-refractivity contribution in [2.75, 3.05) is 53.2 Å². The Balaban J connectivity index is 0.970. The van der Waals surface area contributed by atoms with Gasteiger partial charge in [-0.05, 0) is 93.2 Å². The van der Waals surface area contributed by atoms with Gasteiger partial charge < -0.3 is 25.2 Å². The van der Waals surface area contributed by atoms with E-state index < -0.39 is 40.7 Å². The van der Waals surface area contributed by atoms with Crippen LogP contribution in [0, 0.1) is 22.7 Å². The van der Waals surface area contributed by atoms with Gasteiger partial charge in [-0.2, -0.15) is 23.7 Å². The van der Waals surface area contributed by atoms with Gasteiger partial charge in [-0.3, -0.25) is 34.3 Å². The summed E-state index contributed by atoms with van der Waals surface area (Å²) >= 11 is 5.82. The van der Waals surface area contributed by atoms with E-state index in [1.54, 1.807) is 29.3 Å². The van der Waals surface area contributed by atoms with Crippen LogP contribution in [0.1, 0.15) is 81.0 Å². The molecule has 1 unspecified atom stereocenters. The third kappa shape index (κ3) is 9.02. The van der Waals surface area contributed by atoms with Gasteiger partial charge in [-0.25, -0.2) is 4.98 Å². The van der Waals surface area contributed by atoms with Crippen LogP contribution >= 0.6 is 12.2 Å². The second kappa shape index (κ2) is 17.7. The quantitative estimate of drug-likeness (QED) is 0.147. The van der Waals surface area contributed by atoms with Gasteiger partial charge in [0.05, 0.1) is 52.9 Å². The van der Waals surface area contributed by atoms with Gasteiger partial charge in [-0.15, -0.1) is 0 Å². The van der Waals surface area contributed by atoms with E-state index in [4.69, 9.17) is 17.0 Å². The maximum absolute atomic E-state index is 14.0. The van der Waals surface area contributed by atoms with Crippen LogP contribution in [-0.2, 0) is 25.4 Å². The number of rotatable bonds is 12. The van der Waals surface area contributed by atoms with E-state index >= 15 is 0 Å². The van der Waals surface area contributed by atoms with Crippen molar-refractivity contribution < 1.29 is 37.1 Å². The summed E-state index contributed by atoms with van der Waals surface area (Å²) in [4.78, 5) is 62.7. The van der Waals surface area contributed by atoms with Gasteiger partial charge in [-0.1, -0.05) is 20.4 Å². The summed E-state index contributed by atoms with van der Waals surface area (Å²) in [6, 6.07) is 12.7. The number of hydrogen-bond acceptors (Lipinski definition) is 12. The summed E-state index contributed by atoms with van der Waals surface area (Å²) in [6.45, 7) is 12.0. The number of carbonyl (C=O) groups excluding carboxylic acids is 4. The number of piperazine rings is 1. The molecule has 1 aromatic heterocycles. The molecule has 4 heterocycles. The summed E-state index contributed by atoms with van der Waals surface area (Å²) in [5, 5.41) is 27.1. The fourth-order valence-electron chi connectivity index (χ4n) is 8.37. The van der Waals surface area contributed by atoms with Crippen molar-refractivity contribution in [3.63, 3.8) is 0 Å². The number of thiocarbonyl (C=S) groups is 1. The van der Waals surface area contributed by atoms with E-state index in [0.29, 0.717) is 61.8 Å². The molecule has 19 heteroatoms. The fraction of sp³-hybridized carbons (Fsp3) is 0.409. The molecule has 328 valence electrons. The maximum Gasteiger partial charge on any atom is 0.417 e. The molecule has 3 aromatic rings. The second-order valence-corrected chi connectivity index (χ2v) is 16.8. The molecule has 2 atom stereocenters. The van der Waals surface area contributed by atoms with Crippen LogP contribution in [0.25, 0.3) is 0 Å². The number of ether oxygens (including phenoxy) is 1. The van der Waals surface area contributed by atoms with Crippen LogP contribution in [0.2, 0.25) is 0 Å². The Morgan fingerprint density at radius 1 is 1.10 bits per heavy atom. The predicted molar refractivity (Wildman–Crippen MR) is 230 cm³/mol. The number of imide groups is 1.